The highest BCUT2D eigenvalue weighted by atomic mass is 16.5. The zero-order valence-corrected chi connectivity index (χ0v) is 14.4. The van der Waals surface area contributed by atoms with E-state index in [1.165, 1.54) is 0 Å². The summed E-state index contributed by atoms with van der Waals surface area (Å²) in [5.41, 5.74) is 2.42. The smallest absolute Gasteiger partial charge is 0.277 e. The molecule has 1 aromatic heterocycles. The number of anilines is 2. The van der Waals surface area contributed by atoms with Crippen LogP contribution < -0.4 is 10.2 Å². The van der Waals surface area contributed by atoms with Crippen molar-refractivity contribution in [2.75, 3.05) is 30.0 Å². The van der Waals surface area contributed by atoms with Gasteiger partial charge in [0, 0.05) is 29.5 Å². The van der Waals surface area contributed by atoms with Crippen LogP contribution in [0, 0.1) is 0 Å². The van der Waals surface area contributed by atoms with E-state index in [-0.39, 0.29) is 24.1 Å². The van der Waals surface area contributed by atoms with E-state index in [1.807, 2.05) is 30.3 Å². The number of aromatic nitrogens is 1. The molecule has 2 amide bonds. The van der Waals surface area contributed by atoms with E-state index in [0.717, 1.165) is 11.3 Å². The lowest BCUT2D eigenvalue weighted by Gasteiger charge is -2.26. The molecule has 1 aliphatic rings. The van der Waals surface area contributed by atoms with E-state index in [9.17, 15) is 9.59 Å². The van der Waals surface area contributed by atoms with Crippen molar-refractivity contribution in [3.05, 3.63) is 66.4 Å². The molecule has 1 N–H and O–H groups in total. The van der Waals surface area contributed by atoms with Gasteiger partial charge >= 0.3 is 0 Å². The molecule has 7 heteroatoms. The van der Waals surface area contributed by atoms with Crippen LogP contribution in [-0.4, -0.2) is 36.7 Å². The molecule has 1 aliphatic heterocycles. The fourth-order valence-electron chi connectivity index (χ4n) is 2.83. The molecule has 1 saturated heterocycles. The molecule has 2 aromatic carbocycles. The van der Waals surface area contributed by atoms with Crippen molar-refractivity contribution in [2.24, 2.45) is 0 Å². The van der Waals surface area contributed by atoms with Gasteiger partial charge in [0.2, 0.25) is 0 Å². The van der Waals surface area contributed by atoms with Crippen molar-refractivity contribution in [3.8, 4) is 11.3 Å². The number of rotatable bonds is 4. The number of carbonyl (C=O) groups excluding carboxylic acids is 2. The number of amides is 2. The number of nitrogens with one attached hydrogen (secondary N) is 1. The second-order valence-corrected chi connectivity index (χ2v) is 6.04. The Morgan fingerprint density at radius 1 is 1.07 bits per heavy atom. The van der Waals surface area contributed by atoms with Crippen molar-refractivity contribution in [3.63, 3.8) is 0 Å². The Labute approximate surface area is 155 Å². The van der Waals surface area contributed by atoms with E-state index in [2.05, 4.69) is 10.5 Å². The lowest BCUT2D eigenvalue weighted by Crippen LogP contribution is -2.41. The zero-order valence-electron chi connectivity index (χ0n) is 14.4. The molecular formula is C20H17N3O4. The summed E-state index contributed by atoms with van der Waals surface area (Å²) in [7, 11) is 0. The average molecular weight is 363 g/mol. The van der Waals surface area contributed by atoms with Gasteiger partial charge in [-0.05, 0) is 24.3 Å². The van der Waals surface area contributed by atoms with Crippen LogP contribution in [0.1, 0.15) is 10.5 Å². The SMILES string of the molecule is O=C(Nc1ccc(N2CCOCC2=O)cc1)c1cc(-c2ccccc2)on1. The maximum atomic E-state index is 12.4. The molecule has 0 radical (unpaired) electrons. The first kappa shape index (κ1) is 17.0. The quantitative estimate of drug-likeness (QED) is 0.770. The fourth-order valence-corrected chi connectivity index (χ4v) is 2.83. The van der Waals surface area contributed by atoms with E-state index in [4.69, 9.17) is 9.26 Å². The third kappa shape index (κ3) is 3.73. The minimum absolute atomic E-state index is 0.0749. The number of carbonyl (C=O) groups is 2. The minimum Gasteiger partial charge on any atom is -0.370 e. The molecule has 2 heterocycles. The average Bonchev–Trinajstić information content (AvgIpc) is 3.20. The Morgan fingerprint density at radius 2 is 1.85 bits per heavy atom. The van der Waals surface area contributed by atoms with Crippen LogP contribution in [0.4, 0.5) is 11.4 Å². The molecule has 4 rings (SSSR count). The number of morpholine rings is 1. The second kappa shape index (κ2) is 7.43. The van der Waals surface area contributed by atoms with Crippen LogP contribution in [0.25, 0.3) is 11.3 Å². The monoisotopic (exact) mass is 363 g/mol. The van der Waals surface area contributed by atoms with Crippen LogP contribution >= 0.6 is 0 Å². The number of hydrogen-bond donors (Lipinski definition) is 1. The van der Waals surface area contributed by atoms with Crippen LogP contribution in [0.5, 0.6) is 0 Å². The fraction of sp³-hybridized carbons (Fsp3) is 0.150. The predicted octanol–water partition coefficient (Wildman–Crippen LogP) is 2.96. The van der Waals surface area contributed by atoms with Gasteiger partial charge in [-0.3, -0.25) is 9.59 Å². The molecular weight excluding hydrogens is 346 g/mol. The highest BCUT2D eigenvalue weighted by molar-refractivity contribution is 6.03. The topological polar surface area (TPSA) is 84.7 Å². The maximum absolute atomic E-state index is 12.4. The Hall–Kier alpha value is -3.45. The molecule has 0 saturated carbocycles. The number of benzene rings is 2. The molecule has 0 atom stereocenters. The van der Waals surface area contributed by atoms with E-state index < -0.39 is 0 Å². The van der Waals surface area contributed by atoms with Gasteiger partial charge in [-0.25, -0.2) is 0 Å². The Morgan fingerprint density at radius 3 is 2.59 bits per heavy atom. The number of hydrogen-bond acceptors (Lipinski definition) is 5. The molecule has 1 fully saturated rings. The summed E-state index contributed by atoms with van der Waals surface area (Å²) in [5.74, 6) is 0.0899. The third-order valence-electron chi connectivity index (χ3n) is 4.22. The van der Waals surface area contributed by atoms with Crippen LogP contribution in [-0.2, 0) is 9.53 Å². The van der Waals surface area contributed by atoms with Gasteiger partial charge in [-0.15, -0.1) is 0 Å². The molecule has 7 nitrogen and oxygen atoms in total. The highest BCUT2D eigenvalue weighted by Gasteiger charge is 2.20. The summed E-state index contributed by atoms with van der Waals surface area (Å²) in [6.07, 6.45) is 0. The summed E-state index contributed by atoms with van der Waals surface area (Å²) in [6.45, 7) is 1.13. The molecule has 27 heavy (non-hydrogen) atoms. The van der Waals surface area contributed by atoms with Gasteiger partial charge in [-0.1, -0.05) is 35.5 Å². The van der Waals surface area contributed by atoms with Gasteiger partial charge in [0.25, 0.3) is 11.8 Å². The first-order valence-electron chi connectivity index (χ1n) is 8.52. The van der Waals surface area contributed by atoms with E-state index in [1.54, 1.807) is 35.2 Å². The second-order valence-electron chi connectivity index (χ2n) is 6.04. The molecule has 0 bridgehead atoms. The maximum Gasteiger partial charge on any atom is 0.277 e. The normalized spacial score (nSPS) is 14.2. The van der Waals surface area contributed by atoms with Gasteiger partial charge in [-0.2, -0.15) is 0 Å². The lowest BCUT2D eigenvalue weighted by molar-refractivity contribution is -0.125. The molecule has 0 spiro atoms. The third-order valence-corrected chi connectivity index (χ3v) is 4.22. The molecule has 136 valence electrons. The molecule has 3 aromatic rings. The summed E-state index contributed by atoms with van der Waals surface area (Å²) in [4.78, 5) is 25.9. The minimum atomic E-state index is -0.365. The summed E-state index contributed by atoms with van der Waals surface area (Å²) in [6, 6.07) is 18.1. The van der Waals surface area contributed by atoms with Crippen LogP contribution in [0.3, 0.4) is 0 Å². The van der Waals surface area contributed by atoms with Crippen molar-refractivity contribution in [1.82, 2.24) is 5.16 Å². The largest absolute Gasteiger partial charge is 0.370 e. The van der Waals surface area contributed by atoms with Crippen molar-refractivity contribution in [2.45, 2.75) is 0 Å². The van der Waals surface area contributed by atoms with Crippen molar-refractivity contribution in [1.29, 1.82) is 0 Å². The Balaban J connectivity index is 1.44. The van der Waals surface area contributed by atoms with E-state index in [0.29, 0.717) is 24.6 Å². The predicted molar refractivity (Wildman–Crippen MR) is 99.5 cm³/mol. The highest BCUT2D eigenvalue weighted by Crippen LogP contribution is 2.22. The van der Waals surface area contributed by atoms with Gasteiger partial charge in [0.05, 0.1) is 6.61 Å². The zero-order chi connectivity index (χ0) is 18.6. The van der Waals surface area contributed by atoms with Crippen LogP contribution in [0.2, 0.25) is 0 Å². The van der Waals surface area contributed by atoms with Crippen molar-refractivity contribution < 1.29 is 18.8 Å². The molecule has 0 unspecified atom stereocenters. The van der Waals surface area contributed by atoms with Crippen molar-refractivity contribution >= 4 is 23.2 Å². The van der Waals surface area contributed by atoms with Crippen LogP contribution in [0.15, 0.2) is 65.2 Å². The lowest BCUT2D eigenvalue weighted by atomic mass is 10.1. The summed E-state index contributed by atoms with van der Waals surface area (Å²) >= 11 is 0. The Bertz CT molecular complexity index is 951. The number of nitrogens with zero attached hydrogens (tertiary/aromatic N) is 2. The van der Waals surface area contributed by atoms with Gasteiger partial charge < -0.3 is 19.5 Å². The van der Waals surface area contributed by atoms with Gasteiger partial charge in [0.15, 0.2) is 11.5 Å². The standard InChI is InChI=1S/C20H17N3O4/c24-19-13-26-11-10-23(19)16-8-6-15(7-9-16)21-20(25)17-12-18(27-22-17)14-4-2-1-3-5-14/h1-9,12H,10-11,13H2,(H,21,25). The summed E-state index contributed by atoms with van der Waals surface area (Å²) in [5, 5.41) is 6.61. The van der Waals surface area contributed by atoms with Gasteiger partial charge in [0.1, 0.15) is 6.61 Å². The van der Waals surface area contributed by atoms with E-state index >= 15 is 0 Å². The Kier molecular flexibility index (Phi) is 4.67. The molecule has 0 aliphatic carbocycles. The summed E-state index contributed by atoms with van der Waals surface area (Å²) < 4.78 is 10.4. The first-order chi connectivity index (χ1) is 13.2. The number of ether oxygens (including phenoxy) is 1. The first-order valence-corrected chi connectivity index (χ1v) is 8.52.